The molecule has 140 valence electrons. The van der Waals surface area contributed by atoms with Gasteiger partial charge in [0.15, 0.2) is 10.7 Å². The average molecular weight is 389 g/mol. The van der Waals surface area contributed by atoms with Crippen molar-refractivity contribution in [3.63, 3.8) is 0 Å². The molecular weight excluding hydrogens is 370 g/mol. The van der Waals surface area contributed by atoms with Crippen molar-refractivity contribution in [2.75, 3.05) is 5.32 Å². The summed E-state index contributed by atoms with van der Waals surface area (Å²) in [5.41, 5.74) is 3.15. The number of benzene rings is 3. The van der Waals surface area contributed by atoms with E-state index in [4.69, 9.17) is 21.6 Å². The molecule has 0 aliphatic carbocycles. The summed E-state index contributed by atoms with van der Waals surface area (Å²) < 4.78 is 5.98. The average Bonchev–Trinajstić information content (AvgIpc) is 3.13. The number of fused-ring (bicyclic) bond motifs is 3. The van der Waals surface area contributed by atoms with E-state index in [9.17, 15) is 4.79 Å². The molecule has 0 spiro atoms. The topological polar surface area (TPSA) is 67.2 Å². The van der Waals surface area contributed by atoms with E-state index in [1.54, 1.807) is 0 Å². The Morgan fingerprint density at radius 1 is 1.07 bits per heavy atom. The van der Waals surface area contributed by atoms with Crippen LogP contribution in [0.3, 0.4) is 0 Å². The lowest BCUT2D eigenvalue weighted by atomic mass is 10.1. The van der Waals surface area contributed by atoms with Crippen molar-refractivity contribution >= 4 is 50.8 Å². The molecule has 0 unspecified atom stereocenters. The predicted molar refractivity (Wildman–Crippen MR) is 116 cm³/mol. The number of nitrogens with zero attached hydrogens (tertiary/aromatic N) is 1. The van der Waals surface area contributed by atoms with Crippen molar-refractivity contribution in [1.82, 2.24) is 10.3 Å². The molecule has 1 amide bonds. The normalized spacial score (nSPS) is 11.1. The molecule has 4 rings (SSSR count). The van der Waals surface area contributed by atoms with E-state index in [1.807, 2.05) is 68.4 Å². The third-order valence-corrected chi connectivity index (χ3v) is 4.62. The second kappa shape index (κ2) is 7.40. The molecule has 6 heteroatoms. The molecule has 0 atom stereocenters. The fraction of sp³-hybridized carbons (Fsp3) is 0.136. The molecule has 2 N–H and O–H groups in total. The maximum Gasteiger partial charge on any atom is 0.228 e. The highest BCUT2D eigenvalue weighted by Crippen LogP contribution is 2.30. The van der Waals surface area contributed by atoms with Crippen molar-refractivity contribution in [3.8, 4) is 11.5 Å². The van der Waals surface area contributed by atoms with E-state index in [0.29, 0.717) is 5.89 Å². The number of thiocarbonyl (C=S) groups is 1. The summed E-state index contributed by atoms with van der Waals surface area (Å²) in [6.45, 7) is 3.63. The summed E-state index contributed by atoms with van der Waals surface area (Å²) in [4.78, 5) is 16.5. The monoisotopic (exact) mass is 389 g/mol. The van der Waals surface area contributed by atoms with Gasteiger partial charge in [0.2, 0.25) is 11.8 Å². The largest absolute Gasteiger partial charge is 0.436 e. The molecule has 0 radical (unpaired) electrons. The van der Waals surface area contributed by atoms with Gasteiger partial charge in [-0.15, -0.1) is 0 Å². The van der Waals surface area contributed by atoms with Crippen LogP contribution in [0.4, 0.5) is 5.69 Å². The van der Waals surface area contributed by atoms with Gasteiger partial charge in [-0.3, -0.25) is 4.79 Å². The zero-order chi connectivity index (χ0) is 19.7. The van der Waals surface area contributed by atoms with Gasteiger partial charge in [-0.2, -0.15) is 0 Å². The SMILES string of the molecule is CC(C)C(=O)NC(=S)Nc1cccc(-c2nc3c(ccc4ccccc43)o2)c1. The van der Waals surface area contributed by atoms with Crippen molar-refractivity contribution in [2.45, 2.75) is 13.8 Å². The fourth-order valence-corrected chi connectivity index (χ4v) is 3.15. The maximum absolute atomic E-state index is 11.8. The number of carbonyl (C=O) groups is 1. The quantitative estimate of drug-likeness (QED) is 0.476. The number of hydrogen-bond acceptors (Lipinski definition) is 4. The number of hydrogen-bond donors (Lipinski definition) is 2. The van der Waals surface area contributed by atoms with Crippen LogP contribution in [0.15, 0.2) is 65.1 Å². The van der Waals surface area contributed by atoms with Crippen molar-refractivity contribution < 1.29 is 9.21 Å². The van der Waals surface area contributed by atoms with Gasteiger partial charge in [0.05, 0.1) is 0 Å². The summed E-state index contributed by atoms with van der Waals surface area (Å²) in [5, 5.41) is 8.14. The first kappa shape index (κ1) is 18.1. The highest BCUT2D eigenvalue weighted by Gasteiger charge is 2.12. The molecule has 28 heavy (non-hydrogen) atoms. The number of aromatic nitrogens is 1. The molecule has 0 fully saturated rings. The third-order valence-electron chi connectivity index (χ3n) is 4.41. The smallest absolute Gasteiger partial charge is 0.228 e. The van der Waals surface area contributed by atoms with Gasteiger partial charge < -0.3 is 15.1 Å². The van der Waals surface area contributed by atoms with Gasteiger partial charge in [0.25, 0.3) is 0 Å². The van der Waals surface area contributed by atoms with Crippen LogP contribution in [0.1, 0.15) is 13.8 Å². The zero-order valence-electron chi connectivity index (χ0n) is 15.5. The minimum absolute atomic E-state index is 0.125. The van der Waals surface area contributed by atoms with E-state index in [2.05, 4.69) is 16.7 Å². The Hall–Kier alpha value is -3.25. The van der Waals surface area contributed by atoms with E-state index in [1.165, 1.54) is 0 Å². The highest BCUT2D eigenvalue weighted by atomic mass is 32.1. The Labute approximate surface area is 167 Å². The van der Waals surface area contributed by atoms with Gasteiger partial charge in [-0.25, -0.2) is 4.98 Å². The van der Waals surface area contributed by atoms with Gasteiger partial charge in [0.1, 0.15) is 5.52 Å². The molecule has 5 nitrogen and oxygen atoms in total. The number of carbonyl (C=O) groups excluding carboxylic acids is 1. The van der Waals surface area contributed by atoms with Crippen LogP contribution in [0.2, 0.25) is 0 Å². The van der Waals surface area contributed by atoms with Crippen molar-refractivity contribution in [2.24, 2.45) is 5.92 Å². The van der Waals surface area contributed by atoms with Crippen LogP contribution in [-0.4, -0.2) is 16.0 Å². The minimum atomic E-state index is -0.138. The fourth-order valence-electron chi connectivity index (χ4n) is 2.93. The Morgan fingerprint density at radius 2 is 1.89 bits per heavy atom. The Morgan fingerprint density at radius 3 is 2.71 bits per heavy atom. The molecule has 0 aliphatic heterocycles. The predicted octanol–water partition coefficient (Wildman–Crippen LogP) is 5.12. The van der Waals surface area contributed by atoms with E-state index >= 15 is 0 Å². The molecule has 4 aromatic rings. The Bertz CT molecular complexity index is 1200. The number of oxazole rings is 1. The lowest BCUT2D eigenvalue weighted by Gasteiger charge is -2.11. The van der Waals surface area contributed by atoms with Crippen LogP contribution in [0.5, 0.6) is 0 Å². The van der Waals surface area contributed by atoms with E-state index in [0.717, 1.165) is 33.1 Å². The Balaban J connectivity index is 1.63. The first-order valence-electron chi connectivity index (χ1n) is 9.02. The second-order valence-corrected chi connectivity index (χ2v) is 7.24. The Kier molecular flexibility index (Phi) is 4.79. The molecule has 1 aromatic heterocycles. The lowest BCUT2D eigenvalue weighted by Crippen LogP contribution is -2.36. The summed E-state index contributed by atoms with van der Waals surface area (Å²) in [7, 11) is 0. The molecule has 0 bridgehead atoms. The van der Waals surface area contributed by atoms with Gasteiger partial charge >= 0.3 is 0 Å². The van der Waals surface area contributed by atoms with Crippen LogP contribution < -0.4 is 10.6 Å². The summed E-state index contributed by atoms with van der Waals surface area (Å²) in [6, 6.07) is 19.6. The first-order chi connectivity index (χ1) is 13.5. The zero-order valence-corrected chi connectivity index (χ0v) is 16.3. The summed E-state index contributed by atoms with van der Waals surface area (Å²) >= 11 is 5.21. The van der Waals surface area contributed by atoms with Crippen LogP contribution >= 0.6 is 12.2 Å². The van der Waals surface area contributed by atoms with Gasteiger partial charge in [-0.1, -0.05) is 50.2 Å². The van der Waals surface area contributed by atoms with Crippen LogP contribution in [-0.2, 0) is 4.79 Å². The van der Waals surface area contributed by atoms with E-state index < -0.39 is 0 Å². The lowest BCUT2D eigenvalue weighted by molar-refractivity contribution is -0.122. The van der Waals surface area contributed by atoms with Crippen molar-refractivity contribution in [1.29, 1.82) is 0 Å². The maximum atomic E-state index is 11.8. The molecular formula is C22H19N3O2S. The minimum Gasteiger partial charge on any atom is -0.436 e. The molecule has 0 saturated carbocycles. The van der Waals surface area contributed by atoms with E-state index in [-0.39, 0.29) is 16.9 Å². The standard InChI is InChI=1S/C22H19N3O2S/c1-13(2)20(26)25-22(28)23-16-8-5-7-15(12-16)21-24-19-17-9-4-3-6-14(17)10-11-18(19)27-21/h3-13H,1-2H3,(H2,23,25,26,28). The number of amides is 1. The second-order valence-electron chi connectivity index (χ2n) is 6.83. The highest BCUT2D eigenvalue weighted by molar-refractivity contribution is 7.80. The summed E-state index contributed by atoms with van der Waals surface area (Å²) in [6.07, 6.45) is 0. The number of anilines is 1. The van der Waals surface area contributed by atoms with Crippen molar-refractivity contribution in [3.05, 3.63) is 60.7 Å². The summed E-state index contributed by atoms with van der Waals surface area (Å²) in [5.74, 6) is 0.271. The van der Waals surface area contributed by atoms with Crippen LogP contribution in [0, 0.1) is 5.92 Å². The van der Waals surface area contributed by atoms with Crippen LogP contribution in [0.25, 0.3) is 33.3 Å². The molecule has 1 heterocycles. The first-order valence-corrected chi connectivity index (χ1v) is 9.42. The third kappa shape index (κ3) is 3.59. The van der Waals surface area contributed by atoms with Gasteiger partial charge in [-0.05, 0) is 41.9 Å². The molecule has 0 aliphatic rings. The van der Waals surface area contributed by atoms with Gasteiger partial charge in [0, 0.05) is 22.6 Å². The number of rotatable bonds is 3. The molecule has 0 saturated heterocycles. The number of nitrogens with one attached hydrogen (secondary N) is 2. The molecule has 3 aromatic carbocycles.